The largest absolute Gasteiger partial charge is 0.311 e. The van der Waals surface area contributed by atoms with Crippen molar-refractivity contribution in [2.75, 3.05) is 6.54 Å². The molecule has 0 atom stereocenters. The summed E-state index contributed by atoms with van der Waals surface area (Å²) >= 11 is 0. The maximum absolute atomic E-state index is 5.17. The third-order valence-corrected chi connectivity index (χ3v) is 2.20. The number of aromatic nitrogens is 1. The Balaban J connectivity index is 2.10. The van der Waals surface area contributed by atoms with E-state index in [2.05, 4.69) is 28.4 Å². The molecule has 0 aromatic carbocycles. The number of hydrogen-bond donors (Lipinski definition) is 1. The van der Waals surface area contributed by atoms with Crippen LogP contribution in [0.3, 0.4) is 0 Å². The van der Waals surface area contributed by atoms with Gasteiger partial charge in [-0.2, -0.15) is 0 Å². The molecule has 0 radical (unpaired) electrons. The van der Waals surface area contributed by atoms with Crippen molar-refractivity contribution in [2.24, 2.45) is 0 Å². The second kappa shape index (κ2) is 7.03. The van der Waals surface area contributed by atoms with E-state index in [-0.39, 0.29) is 0 Å². The summed E-state index contributed by atoms with van der Waals surface area (Å²) in [6.07, 6.45) is 10.2. The van der Waals surface area contributed by atoms with E-state index in [4.69, 9.17) is 6.42 Å². The van der Waals surface area contributed by atoms with Gasteiger partial charge in [-0.1, -0.05) is 6.07 Å². The van der Waals surface area contributed by atoms with E-state index in [1.165, 1.54) is 5.56 Å². The fourth-order valence-corrected chi connectivity index (χ4v) is 1.30. The molecule has 80 valence electrons. The zero-order chi connectivity index (χ0) is 10.9. The number of pyridine rings is 1. The van der Waals surface area contributed by atoms with Crippen LogP contribution >= 0.6 is 0 Å². The molecule has 1 aromatic rings. The summed E-state index contributed by atoms with van der Waals surface area (Å²) in [5.41, 5.74) is 2.30. The van der Waals surface area contributed by atoms with Gasteiger partial charge in [0.2, 0.25) is 0 Å². The lowest BCUT2D eigenvalue weighted by Gasteiger charge is -2.03. The third-order valence-electron chi connectivity index (χ3n) is 2.20. The zero-order valence-electron chi connectivity index (χ0n) is 9.29. The fourth-order valence-electron chi connectivity index (χ4n) is 1.30. The molecule has 0 saturated heterocycles. The molecule has 1 N–H and O–H groups in total. The molecular weight excluding hydrogens is 184 g/mol. The Labute approximate surface area is 92.1 Å². The molecule has 0 saturated carbocycles. The van der Waals surface area contributed by atoms with Gasteiger partial charge in [0.25, 0.3) is 0 Å². The molecule has 0 aliphatic rings. The van der Waals surface area contributed by atoms with Gasteiger partial charge in [-0.05, 0) is 37.9 Å². The normalized spacial score (nSPS) is 9.87. The predicted octanol–water partition coefficient (Wildman–Crippen LogP) is 2.28. The van der Waals surface area contributed by atoms with Crippen molar-refractivity contribution in [3.8, 4) is 12.3 Å². The lowest BCUT2D eigenvalue weighted by Crippen LogP contribution is -2.15. The molecular formula is C13H18N2. The molecule has 0 bridgehead atoms. The van der Waals surface area contributed by atoms with E-state index in [1.807, 2.05) is 13.1 Å². The minimum Gasteiger partial charge on any atom is -0.311 e. The summed E-state index contributed by atoms with van der Waals surface area (Å²) < 4.78 is 0. The van der Waals surface area contributed by atoms with Crippen LogP contribution in [0.15, 0.2) is 18.3 Å². The number of hydrogen-bond acceptors (Lipinski definition) is 2. The highest BCUT2D eigenvalue weighted by Crippen LogP contribution is 1.98. The van der Waals surface area contributed by atoms with Crippen molar-refractivity contribution in [1.29, 1.82) is 0 Å². The summed E-state index contributed by atoms with van der Waals surface area (Å²) in [5, 5.41) is 3.35. The van der Waals surface area contributed by atoms with Crippen molar-refractivity contribution in [2.45, 2.75) is 32.7 Å². The average Bonchev–Trinajstić information content (AvgIpc) is 2.26. The highest BCUT2D eigenvalue weighted by molar-refractivity contribution is 5.11. The van der Waals surface area contributed by atoms with Crippen LogP contribution in [0, 0.1) is 19.3 Å². The van der Waals surface area contributed by atoms with Crippen LogP contribution in [0.25, 0.3) is 0 Å². The van der Waals surface area contributed by atoms with Crippen LogP contribution in [0.2, 0.25) is 0 Å². The number of unbranched alkanes of at least 4 members (excludes halogenated alkanes) is 2. The summed E-state index contributed by atoms with van der Waals surface area (Å²) in [6.45, 7) is 3.90. The Morgan fingerprint density at radius 3 is 2.93 bits per heavy atom. The number of terminal acetylenes is 1. The van der Waals surface area contributed by atoms with Crippen LogP contribution in [0.5, 0.6) is 0 Å². The Bertz CT molecular complexity index is 308. The van der Waals surface area contributed by atoms with E-state index in [0.717, 1.165) is 38.0 Å². The molecule has 2 heteroatoms. The first-order chi connectivity index (χ1) is 7.33. The summed E-state index contributed by atoms with van der Waals surface area (Å²) in [6, 6.07) is 4.14. The maximum Gasteiger partial charge on any atom is 0.0541 e. The standard InChI is InChI=1S/C13H18N2/c1-3-4-5-6-9-14-11-13-8-7-12(2)10-15-13/h1,7-8,10,14H,4-6,9,11H2,2H3. The Morgan fingerprint density at radius 1 is 1.40 bits per heavy atom. The first-order valence-corrected chi connectivity index (χ1v) is 5.38. The number of nitrogens with one attached hydrogen (secondary N) is 1. The Hall–Kier alpha value is -1.33. The summed E-state index contributed by atoms with van der Waals surface area (Å²) in [5.74, 6) is 2.64. The van der Waals surface area contributed by atoms with Gasteiger partial charge in [0, 0.05) is 19.2 Å². The maximum atomic E-state index is 5.17. The summed E-state index contributed by atoms with van der Waals surface area (Å²) in [7, 11) is 0. The predicted molar refractivity (Wildman–Crippen MR) is 63.4 cm³/mol. The highest BCUT2D eigenvalue weighted by atomic mass is 14.9. The molecule has 0 unspecified atom stereocenters. The van der Waals surface area contributed by atoms with Gasteiger partial charge in [-0.15, -0.1) is 12.3 Å². The number of rotatable bonds is 6. The number of nitrogens with zero attached hydrogens (tertiary/aromatic N) is 1. The van der Waals surface area contributed by atoms with Crippen LogP contribution in [-0.2, 0) is 6.54 Å². The Kier molecular flexibility index (Phi) is 5.50. The van der Waals surface area contributed by atoms with Crippen molar-refractivity contribution in [1.82, 2.24) is 10.3 Å². The van der Waals surface area contributed by atoms with Crippen LogP contribution in [0.4, 0.5) is 0 Å². The Morgan fingerprint density at radius 2 is 2.27 bits per heavy atom. The number of aryl methyl sites for hydroxylation is 1. The zero-order valence-corrected chi connectivity index (χ0v) is 9.29. The fraction of sp³-hybridized carbons (Fsp3) is 0.462. The van der Waals surface area contributed by atoms with Crippen LogP contribution < -0.4 is 5.32 Å². The van der Waals surface area contributed by atoms with Gasteiger partial charge in [0.15, 0.2) is 0 Å². The topological polar surface area (TPSA) is 24.9 Å². The lowest BCUT2D eigenvalue weighted by atomic mass is 10.2. The van der Waals surface area contributed by atoms with E-state index >= 15 is 0 Å². The average molecular weight is 202 g/mol. The van der Waals surface area contributed by atoms with E-state index in [1.54, 1.807) is 0 Å². The van der Waals surface area contributed by atoms with Gasteiger partial charge < -0.3 is 5.32 Å². The molecule has 1 heterocycles. The molecule has 1 aromatic heterocycles. The first-order valence-electron chi connectivity index (χ1n) is 5.38. The van der Waals surface area contributed by atoms with Crippen molar-refractivity contribution < 1.29 is 0 Å². The second-order valence-electron chi connectivity index (χ2n) is 3.66. The van der Waals surface area contributed by atoms with Crippen molar-refractivity contribution in [3.05, 3.63) is 29.6 Å². The smallest absolute Gasteiger partial charge is 0.0541 e. The molecule has 1 rings (SSSR count). The van der Waals surface area contributed by atoms with Crippen molar-refractivity contribution >= 4 is 0 Å². The van der Waals surface area contributed by atoms with Crippen molar-refractivity contribution in [3.63, 3.8) is 0 Å². The van der Waals surface area contributed by atoms with Gasteiger partial charge in [0.1, 0.15) is 0 Å². The summed E-state index contributed by atoms with van der Waals surface area (Å²) in [4.78, 5) is 4.32. The van der Waals surface area contributed by atoms with Gasteiger partial charge >= 0.3 is 0 Å². The molecule has 2 nitrogen and oxygen atoms in total. The SMILES string of the molecule is C#CCCCCNCc1ccc(C)cn1. The highest BCUT2D eigenvalue weighted by Gasteiger charge is 1.93. The molecule has 15 heavy (non-hydrogen) atoms. The molecule has 0 spiro atoms. The third kappa shape index (κ3) is 5.19. The van der Waals surface area contributed by atoms with E-state index < -0.39 is 0 Å². The minimum absolute atomic E-state index is 0.844. The molecule has 0 fully saturated rings. The monoisotopic (exact) mass is 202 g/mol. The van der Waals surface area contributed by atoms with E-state index in [9.17, 15) is 0 Å². The molecule has 0 aliphatic carbocycles. The van der Waals surface area contributed by atoms with Gasteiger partial charge in [-0.3, -0.25) is 4.98 Å². The minimum atomic E-state index is 0.844. The molecule has 0 aliphatic heterocycles. The quantitative estimate of drug-likeness (QED) is 0.565. The van der Waals surface area contributed by atoms with E-state index in [0.29, 0.717) is 0 Å². The van der Waals surface area contributed by atoms with Crippen LogP contribution in [0.1, 0.15) is 30.5 Å². The first kappa shape index (κ1) is 11.7. The lowest BCUT2D eigenvalue weighted by molar-refractivity contribution is 0.622. The second-order valence-corrected chi connectivity index (χ2v) is 3.66. The van der Waals surface area contributed by atoms with Gasteiger partial charge in [0.05, 0.1) is 5.69 Å². The van der Waals surface area contributed by atoms with Crippen LogP contribution in [-0.4, -0.2) is 11.5 Å². The molecule has 0 amide bonds. The van der Waals surface area contributed by atoms with Gasteiger partial charge in [-0.25, -0.2) is 0 Å².